The van der Waals surface area contributed by atoms with Crippen LogP contribution in [0.4, 0.5) is 5.69 Å². The summed E-state index contributed by atoms with van der Waals surface area (Å²) < 4.78 is 10.5. The normalized spacial score (nSPS) is 10.6. The Hall–Kier alpha value is -2.41. The lowest BCUT2D eigenvalue weighted by atomic mass is 10.2. The van der Waals surface area contributed by atoms with E-state index >= 15 is 0 Å². The van der Waals surface area contributed by atoms with Crippen LogP contribution >= 0.6 is 0 Å². The SMILES string of the molecule is COc1cc(CNCc2nc(C)c(C)o2)cc([N+](=O)[O-])c1. The standard InChI is InChI=1S/C14H17N3O4/c1-9-10(2)21-14(16-9)8-15-7-11-4-12(17(18)19)6-13(5-11)20-3/h4-6,15H,7-8H2,1-3H3. The second-order valence-electron chi connectivity index (χ2n) is 4.65. The fourth-order valence-corrected chi connectivity index (χ4v) is 1.90. The zero-order valence-corrected chi connectivity index (χ0v) is 12.2. The molecule has 0 aliphatic carbocycles. The van der Waals surface area contributed by atoms with Crippen molar-refractivity contribution in [3.8, 4) is 5.75 Å². The summed E-state index contributed by atoms with van der Waals surface area (Å²) in [5.41, 5.74) is 1.64. The minimum Gasteiger partial charge on any atom is -0.496 e. The number of oxazole rings is 1. The lowest BCUT2D eigenvalue weighted by molar-refractivity contribution is -0.385. The number of ether oxygens (including phenoxy) is 1. The van der Waals surface area contributed by atoms with Crippen LogP contribution in [0.3, 0.4) is 0 Å². The van der Waals surface area contributed by atoms with Crippen LogP contribution in [0.1, 0.15) is 22.9 Å². The molecule has 0 spiro atoms. The van der Waals surface area contributed by atoms with Crippen molar-refractivity contribution in [1.82, 2.24) is 10.3 Å². The first-order valence-electron chi connectivity index (χ1n) is 6.45. The highest BCUT2D eigenvalue weighted by Crippen LogP contribution is 2.22. The fourth-order valence-electron chi connectivity index (χ4n) is 1.90. The van der Waals surface area contributed by atoms with Crippen LogP contribution in [0.2, 0.25) is 0 Å². The molecule has 0 atom stereocenters. The van der Waals surface area contributed by atoms with Gasteiger partial charge in [0.05, 0.1) is 30.3 Å². The number of nitro groups is 1. The number of aryl methyl sites for hydroxylation is 2. The smallest absolute Gasteiger partial charge is 0.273 e. The van der Waals surface area contributed by atoms with Gasteiger partial charge in [-0.3, -0.25) is 10.1 Å². The minimum atomic E-state index is -0.438. The van der Waals surface area contributed by atoms with Crippen LogP contribution in [0, 0.1) is 24.0 Å². The molecule has 7 heteroatoms. The number of nitro benzene ring substituents is 1. The molecule has 1 heterocycles. The van der Waals surface area contributed by atoms with Crippen LogP contribution in [0.5, 0.6) is 5.75 Å². The molecule has 2 aromatic rings. The third-order valence-corrected chi connectivity index (χ3v) is 3.08. The van der Waals surface area contributed by atoms with E-state index in [9.17, 15) is 10.1 Å². The van der Waals surface area contributed by atoms with Crippen molar-refractivity contribution in [3.63, 3.8) is 0 Å². The van der Waals surface area contributed by atoms with Crippen molar-refractivity contribution in [1.29, 1.82) is 0 Å². The molecule has 0 amide bonds. The van der Waals surface area contributed by atoms with E-state index in [1.54, 1.807) is 6.07 Å². The summed E-state index contributed by atoms with van der Waals surface area (Å²) in [6.07, 6.45) is 0. The Bertz CT molecular complexity index is 632. The van der Waals surface area contributed by atoms with Gasteiger partial charge in [0.15, 0.2) is 0 Å². The van der Waals surface area contributed by atoms with Crippen LogP contribution < -0.4 is 10.1 Å². The number of hydrogen-bond donors (Lipinski definition) is 1. The maximum absolute atomic E-state index is 10.9. The summed E-state index contributed by atoms with van der Waals surface area (Å²) in [6.45, 7) is 4.66. The van der Waals surface area contributed by atoms with Crippen molar-refractivity contribution in [2.75, 3.05) is 7.11 Å². The number of hydrogen-bond acceptors (Lipinski definition) is 6. The Labute approximate surface area is 122 Å². The Morgan fingerprint density at radius 3 is 2.67 bits per heavy atom. The number of benzene rings is 1. The molecule has 7 nitrogen and oxygen atoms in total. The molecule has 0 saturated heterocycles. The number of nitrogens with one attached hydrogen (secondary N) is 1. The van der Waals surface area contributed by atoms with E-state index in [4.69, 9.17) is 9.15 Å². The van der Waals surface area contributed by atoms with Gasteiger partial charge in [-0.05, 0) is 25.5 Å². The molecule has 1 aromatic heterocycles. The summed E-state index contributed by atoms with van der Waals surface area (Å²) >= 11 is 0. The van der Waals surface area contributed by atoms with Gasteiger partial charge in [-0.2, -0.15) is 0 Å². The summed E-state index contributed by atoms with van der Waals surface area (Å²) in [5.74, 6) is 1.86. The van der Waals surface area contributed by atoms with E-state index < -0.39 is 4.92 Å². The molecule has 0 aliphatic rings. The number of non-ortho nitro benzene ring substituents is 1. The molecule has 0 fully saturated rings. The zero-order chi connectivity index (χ0) is 15.4. The van der Waals surface area contributed by atoms with E-state index in [1.165, 1.54) is 19.2 Å². The number of nitrogens with zero attached hydrogens (tertiary/aromatic N) is 2. The summed E-state index contributed by atoms with van der Waals surface area (Å²) in [6, 6.07) is 4.66. The number of aromatic nitrogens is 1. The average molecular weight is 291 g/mol. The van der Waals surface area contributed by atoms with Crippen LogP contribution in [0.25, 0.3) is 0 Å². The Morgan fingerprint density at radius 2 is 2.10 bits per heavy atom. The molecule has 0 unspecified atom stereocenters. The quantitative estimate of drug-likeness (QED) is 0.649. The summed E-state index contributed by atoms with van der Waals surface area (Å²) in [4.78, 5) is 14.7. The second-order valence-corrected chi connectivity index (χ2v) is 4.65. The van der Waals surface area contributed by atoms with Crippen molar-refractivity contribution in [3.05, 3.63) is 51.2 Å². The molecular formula is C14H17N3O4. The number of rotatable bonds is 6. The first kappa shape index (κ1) is 15.0. The highest BCUT2D eigenvalue weighted by atomic mass is 16.6. The highest BCUT2D eigenvalue weighted by molar-refractivity contribution is 5.42. The van der Waals surface area contributed by atoms with Gasteiger partial charge in [0.1, 0.15) is 11.5 Å². The minimum absolute atomic E-state index is 0.00830. The lowest BCUT2D eigenvalue weighted by Crippen LogP contribution is -2.13. The topological polar surface area (TPSA) is 90.4 Å². The third kappa shape index (κ3) is 3.79. The van der Waals surface area contributed by atoms with Gasteiger partial charge in [-0.25, -0.2) is 4.98 Å². The van der Waals surface area contributed by atoms with Gasteiger partial charge in [0.2, 0.25) is 5.89 Å². The van der Waals surface area contributed by atoms with Gasteiger partial charge in [0.25, 0.3) is 5.69 Å². The predicted octanol–water partition coefficient (Wildman–Crippen LogP) is 2.50. The molecule has 112 valence electrons. The van der Waals surface area contributed by atoms with Crippen molar-refractivity contribution < 1.29 is 14.1 Å². The monoisotopic (exact) mass is 291 g/mol. The fraction of sp³-hybridized carbons (Fsp3) is 0.357. The van der Waals surface area contributed by atoms with Gasteiger partial charge < -0.3 is 14.5 Å². The molecule has 21 heavy (non-hydrogen) atoms. The predicted molar refractivity (Wildman–Crippen MR) is 76.2 cm³/mol. The summed E-state index contributed by atoms with van der Waals surface area (Å²) in [7, 11) is 1.48. The molecule has 2 rings (SSSR count). The first-order chi connectivity index (χ1) is 9.99. The number of methoxy groups -OCH3 is 1. The average Bonchev–Trinajstić information content (AvgIpc) is 2.77. The zero-order valence-electron chi connectivity index (χ0n) is 12.2. The van der Waals surface area contributed by atoms with Gasteiger partial charge >= 0.3 is 0 Å². The van der Waals surface area contributed by atoms with Crippen LogP contribution in [-0.4, -0.2) is 17.0 Å². The first-order valence-corrected chi connectivity index (χ1v) is 6.45. The van der Waals surface area contributed by atoms with Crippen molar-refractivity contribution >= 4 is 5.69 Å². The molecule has 0 aliphatic heterocycles. The summed E-state index contributed by atoms with van der Waals surface area (Å²) in [5, 5.41) is 14.0. The Balaban J connectivity index is 2.02. The van der Waals surface area contributed by atoms with Crippen molar-refractivity contribution in [2.24, 2.45) is 0 Å². The van der Waals surface area contributed by atoms with Crippen LogP contribution in [0.15, 0.2) is 22.6 Å². The van der Waals surface area contributed by atoms with Gasteiger partial charge in [0, 0.05) is 12.6 Å². The Kier molecular flexibility index (Phi) is 4.54. The van der Waals surface area contributed by atoms with E-state index in [0.29, 0.717) is 24.7 Å². The molecule has 0 saturated carbocycles. The maximum atomic E-state index is 10.9. The molecule has 0 radical (unpaired) electrons. The molecule has 0 bridgehead atoms. The van der Waals surface area contributed by atoms with Gasteiger partial charge in [-0.15, -0.1) is 0 Å². The third-order valence-electron chi connectivity index (χ3n) is 3.08. The Morgan fingerprint density at radius 1 is 1.33 bits per heavy atom. The largest absolute Gasteiger partial charge is 0.496 e. The van der Waals surface area contributed by atoms with Crippen molar-refractivity contribution in [2.45, 2.75) is 26.9 Å². The van der Waals surface area contributed by atoms with E-state index in [2.05, 4.69) is 10.3 Å². The van der Waals surface area contributed by atoms with E-state index in [-0.39, 0.29) is 5.69 Å². The molecule has 1 aromatic carbocycles. The highest BCUT2D eigenvalue weighted by Gasteiger charge is 2.10. The van der Waals surface area contributed by atoms with Crippen LogP contribution in [-0.2, 0) is 13.1 Å². The van der Waals surface area contributed by atoms with Gasteiger partial charge in [-0.1, -0.05) is 0 Å². The lowest BCUT2D eigenvalue weighted by Gasteiger charge is -2.06. The molecule has 1 N–H and O–H groups in total. The van der Waals surface area contributed by atoms with E-state index in [0.717, 1.165) is 17.0 Å². The maximum Gasteiger partial charge on any atom is 0.273 e. The second kappa shape index (κ2) is 6.36. The van der Waals surface area contributed by atoms with E-state index in [1.807, 2.05) is 13.8 Å². The molecular weight excluding hydrogens is 274 g/mol.